The van der Waals surface area contributed by atoms with Gasteiger partial charge in [-0.1, -0.05) is 5.21 Å². The van der Waals surface area contributed by atoms with Gasteiger partial charge in [0.15, 0.2) is 0 Å². The van der Waals surface area contributed by atoms with Crippen LogP contribution in [0.1, 0.15) is 17.3 Å². The van der Waals surface area contributed by atoms with Gasteiger partial charge in [-0.2, -0.15) is 0 Å². The van der Waals surface area contributed by atoms with Crippen LogP contribution in [0, 0.1) is 11.6 Å². The van der Waals surface area contributed by atoms with E-state index in [1.54, 1.807) is 7.05 Å². The third kappa shape index (κ3) is 2.29. The highest BCUT2D eigenvalue weighted by Gasteiger charge is 2.18. The van der Waals surface area contributed by atoms with E-state index in [0.717, 1.165) is 6.07 Å². The molecular weight excluding hydrogens is 228 g/mol. The Bertz CT molecular complexity index is 505. The first-order valence-electron chi connectivity index (χ1n) is 4.88. The van der Waals surface area contributed by atoms with E-state index in [-0.39, 0.29) is 0 Å². The maximum Gasteiger partial charge on any atom is 0.126 e. The first-order valence-corrected chi connectivity index (χ1v) is 4.88. The fraction of sp³-hybridized carbons (Fsp3) is 0.200. The number of benzene rings is 1. The lowest BCUT2D eigenvalue weighted by Crippen LogP contribution is -2.30. The molecule has 0 saturated heterocycles. The van der Waals surface area contributed by atoms with E-state index in [9.17, 15) is 8.78 Å². The van der Waals surface area contributed by atoms with Gasteiger partial charge in [0.2, 0.25) is 0 Å². The molecule has 1 unspecified atom stereocenters. The molecule has 0 radical (unpaired) electrons. The molecule has 2 aromatic rings. The molecule has 17 heavy (non-hydrogen) atoms. The lowest BCUT2D eigenvalue weighted by atomic mass is 10.0. The van der Waals surface area contributed by atoms with Gasteiger partial charge in [-0.15, -0.1) is 5.10 Å². The van der Waals surface area contributed by atoms with Gasteiger partial charge in [0, 0.05) is 13.1 Å². The van der Waals surface area contributed by atoms with E-state index < -0.39 is 17.7 Å². The van der Waals surface area contributed by atoms with Gasteiger partial charge in [0.25, 0.3) is 0 Å². The molecule has 0 fully saturated rings. The molecule has 0 saturated carbocycles. The van der Waals surface area contributed by atoms with Crippen LogP contribution in [-0.2, 0) is 7.05 Å². The number of rotatable bonds is 3. The molecule has 1 heterocycles. The van der Waals surface area contributed by atoms with Gasteiger partial charge >= 0.3 is 0 Å². The highest BCUT2D eigenvalue weighted by molar-refractivity contribution is 5.27. The van der Waals surface area contributed by atoms with Gasteiger partial charge in [-0.3, -0.25) is 10.5 Å². The van der Waals surface area contributed by atoms with E-state index >= 15 is 0 Å². The van der Waals surface area contributed by atoms with Gasteiger partial charge in [0.1, 0.15) is 11.6 Å². The minimum absolute atomic E-state index is 0.371. The van der Waals surface area contributed by atoms with Crippen molar-refractivity contribution in [3.05, 3.63) is 47.3 Å². The van der Waals surface area contributed by atoms with Crippen LogP contribution in [-0.4, -0.2) is 15.0 Å². The molecule has 2 rings (SSSR count). The second-order valence-electron chi connectivity index (χ2n) is 3.58. The molecule has 90 valence electrons. The number of halogens is 2. The van der Waals surface area contributed by atoms with Crippen LogP contribution >= 0.6 is 0 Å². The van der Waals surface area contributed by atoms with Crippen molar-refractivity contribution in [2.24, 2.45) is 12.9 Å². The number of hydrogen-bond donors (Lipinski definition) is 2. The van der Waals surface area contributed by atoms with E-state index in [4.69, 9.17) is 5.84 Å². The Balaban J connectivity index is 2.45. The maximum absolute atomic E-state index is 13.1. The van der Waals surface area contributed by atoms with Crippen molar-refractivity contribution < 1.29 is 8.78 Å². The summed E-state index contributed by atoms with van der Waals surface area (Å²) in [7, 11) is 1.67. The minimum atomic E-state index is -0.657. The average Bonchev–Trinajstić information content (AvgIpc) is 2.65. The zero-order valence-electron chi connectivity index (χ0n) is 9.06. The molecule has 0 spiro atoms. The predicted molar refractivity (Wildman–Crippen MR) is 56.5 cm³/mol. The van der Waals surface area contributed by atoms with E-state index in [0.29, 0.717) is 11.3 Å². The SMILES string of the molecule is Cn1nncc1C(NN)c1cc(F)cc(F)c1. The molecule has 0 amide bonds. The largest absolute Gasteiger partial charge is 0.271 e. The van der Waals surface area contributed by atoms with Crippen LogP contribution in [0.4, 0.5) is 8.78 Å². The number of nitrogens with two attached hydrogens (primary N) is 1. The zero-order chi connectivity index (χ0) is 12.4. The van der Waals surface area contributed by atoms with E-state index in [1.165, 1.54) is 23.0 Å². The standard InChI is InChI=1S/C10H11F2N5/c1-17-9(5-14-16-17)10(15-13)6-2-7(11)4-8(12)3-6/h2-5,10,15H,13H2,1H3. The topological polar surface area (TPSA) is 68.8 Å². The van der Waals surface area contributed by atoms with Gasteiger partial charge < -0.3 is 0 Å². The van der Waals surface area contributed by atoms with Crippen LogP contribution in [0.3, 0.4) is 0 Å². The molecule has 7 heteroatoms. The lowest BCUT2D eigenvalue weighted by molar-refractivity contribution is 0.546. The molecule has 0 aliphatic carbocycles. The molecule has 1 atom stereocenters. The molecule has 0 aliphatic rings. The van der Waals surface area contributed by atoms with Crippen molar-refractivity contribution in [2.45, 2.75) is 6.04 Å². The highest BCUT2D eigenvalue weighted by atomic mass is 19.1. The van der Waals surface area contributed by atoms with Crippen molar-refractivity contribution in [2.75, 3.05) is 0 Å². The summed E-state index contributed by atoms with van der Waals surface area (Å²) in [6.07, 6.45) is 1.48. The summed E-state index contributed by atoms with van der Waals surface area (Å²) in [4.78, 5) is 0. The average molecular weight is 239 g/mol. The number of nitrogens with one attached hydrogen (secondary N) is 1. The second kappa shape index (κ2) is 4.56. The van der Waals surface area contributed by atoms with Crippen molar-refractivity contribution in [3.8, 4) is 0 Å². The molecule has 0 bridgehead atoms. The van der Waals surface area contributed by atoms with Crippen LogP contribution in [0.5, 0.6) is 0 Å². The van der Waals surface area contributed by atoms with Crippen molar-refractivity contribution in [1.29, 1.82) is 0 Å². The second-order valence-corrected chi connectivity index (χ2v) is 3.58. The fourth-order valence-electron chi connectivity index (χ4n) is 1.65. The zero-order valence-corrected chi connectivity index (χ0v) is 9.06. The molecule has 1 aromatic carbocycles. The first kappa shape index (κ1) is 11.6. The molecule has 1 aromatic heterocycles. The van der Waals surface area contributed by atoms with E-state index in [1.807, 2.05) is 0 Å². The Kier molecular flexibility index (Phi) is 3.12. The Morgan fingerprint density at radius 2 is 1.94 bits per heavy atom. The quantitative estimate of drug-likeness (QED) is 0.609. The smallest absolute Gasteiger partial charge is 0.126 e. The first-order chi connectivity index (χ1) is 8.11. The summed E-state index contributed by atoms with van der Waals surface area (Å²) in [5, 5.41) is 7.43. The van der Waals surface area contributed by atoms with Gasteiger partial charge in [0.05, 0.1) is 17.9 Å². The van der Waals surface area contributed by atoms with Crippen molar-refractivity contribution in [3.63, 3.8) is 0 Å². The molecule has 5 nitrogen and oxygen atoms in total. The summed E-state index contributed by atoms with van der Waals surface area (Å²) in [5.74, 6) is 4.09. The molecular formula is C10H11F2N5. The van der Waals surface area contributed by atoms with E-state index in [2.05, 4.69) is 15.7 Å². The predicted octanol–water partition coefficient (Wildman–Crippen LogP) is 0.646. The van der Waals surface area contributed by atoms with Gasteiger partial charge in [-0.05, 0) is 17.7 Å². The molecule has 0 aliphatic heterocycles. The monoisotopic (exact) mass is 239 g/mol. The molecule has 3 N–H and O–H groups in total. The number of aryl methyl sites for hydroxylation is 1. The summed E-state index contributed by atoms with van der Waals surface area (Å²) in [6.45, 7) is 0. The normalized spacial score (nSPS) is 12.7. The third-order valence-corrected chi connectivity index (χ3v) is 2.43. The number of hydrazine groups is 1. The third-order valence-electron chi connectivity index (χ3n) is 2.43. The summed E-state index contributed by atoms with van der Waals surface area (Å²) >= 11 is 0. The van der Waals surface area contributed by atoms with Crippen molar-refractivity contribution in [1.82, 2.24) is 20.4 Å². The number of hydrogen-bond acceptors (Lipinski definition) is 4. The fourth-order valence-corrected chi connectivity index (χ4v) is 1.65. The number of nitrogens with zero attached hydrogens (tertiary/aromatic N) is 3. The Hall–Kier alpha value is -1.86. The summed E-state index contributed by atoms with van der Waals surface area (Å²) < 4.78 is 27.7. The summed E-state index contributed by atoms with van der Waals surface area (Å²) in [5.41, 5.74) is 3.46. The van der Waals surface area contributed by atoms with Gasteiger partial charge in [-0.25, -0.2) is 14.2 Å². The van der Waals surface area contributed by atoms with Crippen LogP contribution < -0.4 is 11.3 Å². The highest BCUT2D eigenvalue weighted by Crippen LogP contribution is 2.21. The van der Waals surface area contributed by atoms with Crippen LogP contribution in [0.25, 0.3) is 0 Å². The van der Waals surface area contributed by atoms with Crippen LogP contribution in [0.15, 0.2) is 24.4 Å². The van der Waals surface area contributed by atoms with Crippen LogP contribution in [0.2, 0.25) is 0 Å². The number of aromatic nitrogens is 3. The summed E-state index contributed by atoms with van der Waals surface area (Å²) in [6, 6.07) is 2.65. The Morgan fingerprint density at radius 1 is 1.29 bits per heavy atom. The maximum atomic E-state index is 13.1. The lowest BCUT2D eigenvalue weighted by Gasteiger charge is -2.16. The Morgan fingerprint density at radius 3 is 2.41 bits per heavy atom. The van der Waals surface area contributed by atoms with Crippen molar-refractivity contribution >= 4 is 0 Å². The minimum Gasteiger partial charge on any atom is -0.271 e. The Labute approximate surface area is 96.2 Å².